The van der Waals surface area contributed by atoms with Gasteiger partial charge in [0.2, 0.25) is 15.8 Å². The van der Waals surface area contributed by atoms with E-state index in [2.05, 4.69) is 4.72 Å². The van der Waals surface area contributed by atoms with Crippen LogP contribution in [0.25, 0.3) is 0 Å². The molecule has 138 valence electrons. The molecule has 0 bridgehead atoms. The molecule has 0 aliphatic heterocycles. The number of rotatable bonds is 7. The molecular weight excluding hydrogens is 354 g/mol. The highest BCUT2D eigenvalue weighted by atomic mass is 32.2. The van der Waals surface area contributed by atoms with E-state index in [1.165, 1.54) is 19.1 Å². The first-order valence-corrected chi connectivity index (χ1v) is 9.54. The van der Waals surface area contributed by atoms with Gasteiger partial charge in [-0.2, -0.15) is 4.72 Å². The van der Waals surface area contributed by atoms with Gasteiger partial charge < -0.3 is 4.74 Å². The van der Waals surface area contributed by atoms with Crippen molar-refractivity contribution in [2.45, 2.75) is 31.8 Å². The molecular formula is C19H21NO5S. The predicted octanol–water partition coefficient (Wildman–Crippen LogP) is 2.40. The Bertz CT molecular complexity index is 887. The van der Waals surface area contributed by atoms with Crippen molar-refractivity contribution in [2.75, 3.05) is 6.54 Å². The number of hydrogen-bond donors (Lipinski definition) is 1. The first-order valence-electron chi connectivity index (χ1n) is 8.06. The second-order valence-corrected chi connectivity index (χ2v) is 7.77. The number of carbonyl (C=O) groups excluding carboxylic acids is 2. The Hall–Kier alpha value is -2.51. The van der Waals surface area contributed by atoms with Gasteiger partial charge in [-0.3, -0.25) is 9.59 Å². The summed E-state index contributed by atoms with van der Waals surface area (Å²) in [4.78, 5) is 24.2. The molecule has 0 amide bonds. The van der Waals surface area contributed by atoms with Crippen molar-refractivity contribution in [2.24, 2.45) is 0 Å². The molecule has 0 fully saturated rings. The molecule has 6 nitrogen and oxygen atoms in total. The Morgan fingerprint density at radius 2 is 1.46 bits per heavy atom. The van der Waals surface area contributed by atoms with Crippen LogP contribution in [0.15, 0.2) is 53.4 Å². The molecule has 0 aromatic heterocycles. The highest BCUT2D eigenvalue weighted by Gasteiger charge is 2.21. The Balaban J connectivity index is 1.92. The van der Waals surface area contributed by atoms with Crippen LogP contribution in [0.4, 0.5) is 0 Å². The van der Waals surface area contributed by atoms with Crippen LogP contribution < -0.4 is 4.72 Å². The molecule has 2 rings (SSSR count). The third-order valence-corrected chi connectivity index (χ3v) is 5.17. The average molecular weight is 375 g/mol. The van der Waals surface area contributed by atoms with E-state index < -0.39 is 28.6 Å². The molecule has 1 N–H and O–H groups in total. The number of nitrogens with one attached hydrogen (secondary N) is 1. The zero-order valence-electron chi connectivity index (χ0n) is 14.9. The van der Waals surface area contributed by atoms with Crippen molar-refractivity contribution in [3.8, 4) is 0 Å². The van der Waals surface area contributed by atoms with Gasteiger partial charge in [-0.1, -0.05) is 47.5 Å². The molecule has 0 aliphatic carbocycles. The summed E-state index contributed by atoms with van der Waals surface area (Å²) >= 11 is 0. The Morgan fingerprint density at radius 3 is 2.00 bits per heavy atom. The second kappa shape index (κ2) is 8.25. The van der Waals surface area contributed by atoms with Crippen LogP contribution in [0.1, 0.15) is 28.4 Å². The van der Waals surface area contributed by atoms with Crippen LogP contribution >= 0.6 is 0 Å². The van der Waals surface area contributed by atoms with Gasteiger partial charge in [-0.15, -0.1) is 0 Å². The van der Waals surface area contributed by atoms with Gasteiger partial charge in [-0.25, -0.2) is 8.42 Å². The van der Waals surface area contributed by atoms with Crippen LogP contribution in [-0.4, -0.2) is 32.8 Å². The second-order valence-electron chi connectivity index (χ2n) is 6.00. The van der Waals surface area contributed by atoms with Crippen LogP contribution in [-0.2, 0) is 19.6 Å². The number of Topliss-reactive ketones (excluding diaryl/α,β-unsaturated/α-hetero) is 1. The minimum absolute atomic E-state index is 0.0553. The maximum absolute atomic E-state index is 12.2. The van der Waals surface area contributed by atoms with Gasteiger partial charge >= 0.3 is 5.97 Å². The quantitative estimate of drug-likeness (QED) is 0.593. The van der Waals surface area contributed by atoms with Crippen molar-refractivity contribution in [1.29, 1.82) is 0 Å². The number of sulfonamides is 1. The van der Waals surface area contributed by atoms with Gasteiger partial charge in [0.15, 0.2) is 6.10 Å². The van der Waals surface area contributed by atoms with Crippen molar-refractivity contribution in [3.63, 3.8) is 0 Å². The lowest BCUT2D eigenvalue weighted by atomic mass is 10.1. The normalized spacial score (nSPS) is 12.4. The molecule has 0 aliphatic rings. The summed E-state index contributed by atoms with van der Waals surface area (Å²) in [5, 5.41) is 0. The maximum Gasteiger partial charge on any atom is 0.321 e. The Kier molecular flexibility index (Phi) is 6.28. The van der Waals surface area contributed by atoms with Crippen molar-refractivity contribution < 1.29 is 22.7 Å². The highest BCUT2D eigenvalue weighted by Crippen LogP contribution is 2.11. The van der Waals surface area contributed by atoms with Crippen LogP contribution in [0.3, 0.4) is 0 Å². The third-order valence-electron chi connectivity index (χ3n) is 3.75. The molecule has 7 heteroatoms. The third kappa shape index (κ3) is 5.24. The monoisotopic (exact) mass is 375 g/mol. The topological polar surface area (TPSA) is 89.5 Å². The van der Waals surface area contributed by atoms with Gasteiger partial charge in [0.1, 0.15) is 6.54 Å². The maximum atomic E-state index is 12.2. The fraction of sp³-hybridized carbons (Fsp3) is 0.263. The average Bonchev–Trinajstić information content (AvgIpc) is 2.60. The summed E-state index contributed by atoms with van der Waals surface area (Å²) < 4.78 is 31.5. The van der Waals surface area contributed by atoms with E-state index in [9.17, 15) is 18.0 Å². The zero-order chi connectivity index (χ0) is 19.3. The van der Waals surface area contributed by atoms with Gasteiger partial charge in [-0.05, 0) is 32.9 Å². The van der Waals surface area contributed by atoms with E-state index in [0.29, 0.717) is 5.56 Å². The molecule has 0 radical (unpaired) electrons. The lowest BCUT2D eigenvalue weighted by molar-refractivity contribution is -0.144. The predicted molar refractivity (Wildman–Crippen MR) is 97.4 cm³/mol. The van der Waals surface area contributed by atoms with E-state index in [4.69, 9.17) is 4.74 Å². The first-order chi connectivity index (χ1) is 12.2. The lowest BCUT2D eigenvalue weighted by Gasteiger charge is -2.13. The highest BCUT2D eigenvalue weighted by molar-refractivity contribution is 7.89. The standard InChI is InChI=1S/C19H21NO5S/c1-13-4-8-16(9-5-13)19(22)15(3)25-18(21)12-20-26(23,24)17-10-6-14(2)7-11-17/h4-11,15,20H,12H2,1-3H3/t15-/m0/s1. The number of ketones is 1. The Morgan fingerprint density at radius 1 is 0.962 bits per heavy atom. The summed E-state index contributed by atoms with van der Waals surface area (Å²) in [7, 11) is -3.82. The molecule has 0 heterocycles. The summed E-state index contributed by atoms with van der Waals surface area (Å²) in [6.07, 6.45) is -1.01. The fourth-order valence-electron chi connectivity index (χ4n) is 2.20. The molecule has 2 aromatic carbocycles. The summed E-state index contributed by atoms with van der Waals surface area (Å²) in [6, 6.07) is 13.1. The molecule has 0 spiro atoms. The molecule has 1 atom stereocenters. The number of aryl methyl sites for hydroxylation is 2. The van der Waals surface area contributed by atoms with Crippen LogP contribution in [0.2, 0.25) is 0 Å². The van der Waals surface area contributed by atoms with Crippen molar-refractivity contribution >= 4 is 21.8 Å². The molecule has 26 heavy (non-hydrogen) atoms. The smallest absolute Gasteiger partial charge is 0.321 e. The zero-order valence-corrected chi connectivity index (χ0v) is 15.7. The van der Waals surface area contributed by atoms with E-state index >= 15 is 0 Å². The van der Waals surface area contributed by atoms with E-state index in [-0.39, 0.29) is 10.7 Å². The number of ether oxygens (including phenoxy) is 1. The van der Waals surface area contributed by atoms with Crippen molar-refractivity contribution in [1.82, 2.24) is 4.72 Å². The van der Waals surface area contributed by atoms with Crippen LogP contribution in [0.5, 0.6) is 0 Å². The van der Waals surface area contributed by atoms with Crippen molar-refractivity contribution in [3.05, 3.63) is 65.2 Å². The number of carbonyl (C=O) groups is 2. The number of esters is 1. The summed E-state index contributed by atoms with van der Waals surface area (Å²) in [5.74, 6) is -1.17. The lowest BCUT2D eigenvalue weighted by Crippen LogP contribution is -2.34. The minimum Gasteiger partial charge on any atom is -0.453 e. The van der Waals surface area contributed by atoms with E-state index in [1.54, 1.807) is 36.4 Å². The van der Waals surface area contributed by atoms with E-state index in [1.807, 2.05) is 13.8 Å². The first kappa shape index (κ1) is 19.8. The van der Waals surface area contributed by atoms with Gasteiger partial charge in [0.05, 0.1) is 4.90 Å². The largest absolute Gasteiger partial charge is 0.453 e. The number of hydrogen-bond acceptors (Lipinski definition) is 5. The van der Waals surface area contributed by atoms with Gasteiger partial charge in [0, 0.05) is 5.56 Å². The summed E-state index contributed by atoms with van der Waals surface area (Å²) in [6.45, 7) is 4.64. The SMILES string of the molecule is Cc1ccc(C(=O)[C@H](C)OC(=O)CNS(=O)(=O)c2ccc(C)cc2)cc1. The molecule has 0 saturated heterocycles. The molecule has 0 unspecified atom stereocenters. The summed E-state index contributed by atoms with van der Waals surface area (Å²) in [5.41, 5.74) is 2.36. The van der Waals surface area contributed by atoms with Gasteiger partial charge in [0.25, 0.3) is 0 Å². The van der Waals surface area contributed by atoms with Crippen LogP contribution in [0, 0.1) is 13.8 Å². The van der Waals surface area contributed by atoms with E-state index in [0.717, 1.165) is 11.1 Å². The fourth-order valence-corrected chi connectivity index (χ4v) is 3.17. The molecule has 0 saturated carbocycles. The Labute approximate surface area is 153 Å². The molecule has 2 aromatic rings. The number of benzene rings is 2. The minimum atomic E-state index is -3.82.